The molecule has 0 atom stereocenters. The second kappa shape index (κ2) is 8.87. The summed E-state index contributed by atoms with van der Waals surface area (Å²) in [6, 6.07) is 46.2. The largest absolute Gasteiger partial charge is 0.278 e. The van der Waals surface area contributed by atoms with Gasteiger partial charge in [0.25, 0.3) is 0 Å². The minimum Gasteiger partial charge on any atom is -0.278 e. The second-order valence-electron chi connectivity index (χ2n) is 12.6. The summed E-state index contributed by atoms with van der Waals surface area (Å²) in [6.45, 7) is 4.68. The standard InChI is InChI=1S/C41H27N3S/c1-41(2)32-16-8-5-13-27(32)28-20-19-26(22-33(28)41)37-39-38(30-15-7-10-18-36(30)45-39)43-40(42-37)44-34-17-9-6-14-29(34)31-21-24-11-3-4-12-25(24)23-35(31)44/h3-23H,1-2H3. The summed E-state index contributed by atoms with van der Waals surface area (Å²) in [5, 5.41) is 6.02. The van der Waals surface area contributed by atoms with Crippen molar-refractivity contribution in [1.29, 1.82) is 0 Å². The first-order valence-electron chi connectivity index (χ1n) is 15.4. The first-order valence-corrected chi connectivity index (χ1v) is 16.2. The summed E-state index contributed by atoms with van der Waals surface area (Å²) in [5.74, 6) is 0.700. The lowest BCUT2D eigenvalue weighted by Gasteiger charge is -2.22. The molecule has 6 aromatic carbocycles. The van der Waals surface area contributed by atoms with Crippen LogP contribution in [0.25, 0.3) is 81.2 Å². The Balaban J connectivity index is 1.30. The number of hydrogen-bond acceptors (Lipinski definition) is 3. The van der Waals surface area contributed by atoms with Crippen LogP contribution in [0.4, 0.5) is 0 Å². The van der Waals surface area contributed by atoms with Crippen molar-refractivity contribution in [2.45, 2.75) is 19.3 Å². The lowest BCUT2D eigenvalue weighted by atomic mass is 9.82. The molecule has 10 rings (SSSR count). The fourth-order valence-corrected chi connectivity index (χ4v) is 8.75. The average molecular weight is 594 g/mol. The van der Waals surface area contributed by atoms with Gasteiger partial charge in [0.05, 0.1) is 26.9 Å². The number of nitrogens with zero attached hydrogens (tertiary/aromatic N) is 3. The van der Waals surface area contributed by atoms with E-state index in [-0.39, 0.29) is 5.41 Å². The summed E-state index contributed by atoms with van der Waals surface area (Å²) < 4.78 is 4.61. The summed E-state index contributed by atoms with van der Waals surface area (Å²) in [5.41, 5.74) is 10.6. The van der Waals surface area contributed by atoms with E-state index in [9.17, 15) is 0 Å². The van der Waals surface area contributed by atoms with Gasteiger partial charge in [-0.2, -0.15) is 0 Å². The van der Waals surface area contributed by atoms with Gasteiger partial charge in [-0.3, -0.25) is 4.57 Å². The van der Waals surface area contributed by atoms with Crippen LogP contribution in [-0.2, 0) is 5.41 Å². The number of aromatic nitrogens is 3. The molecule has 45 heavy (non-hydrogen) atoms. The molecule has 3 aromatic heterocycles. The minimum absolute atomic E-state index is 0.0923. The molecule has 0 bridgehead atoms. The predicted molar refractivity (Wildman–Crippen MR) is 190 cm³/mol. The Morgan fingerprint density at radius 2 is 1.29 bits per heavy atom. The molecule has 0 saturated heterocycles. The number of para-hydroxylation sites is 1. The van der Waals surface area contributed by atoms with Crippen LogP contribution in [0.15, 0.2) is 127 Å². The second-order valence-corrected chi connectivity index (χ2v) is 13.7. The Morgan fingerprint density at radius 1 is 0.578 bits per heavy atom. The van der Waals surface area contributed by atoms with Crippen molar-refractivity contribution in [2.75, 3.05) is 0 Å². The van der Waals surface area contributed by atoms with Crippen LogP contribution in [-0.4, -0.2) is 14.5 Å². The number of fused-ring (bicyclic) bond motifs is 10. The monoisotopic (exact) mass is 593 g/mol. The lowest BCUT2D eigenvalue weighted by molar-refractivity contribution is 0.660. The highest BCUT2D eigenvalue weighted by Crippen LogP contribution is 2.50. The molecule has 0 N–H and O–H groups in total. The highest BCUT2D eigenvalue weighted by Gasteiger charge is 2.35. The van der Waals surface area contributed by atoms with Crippen molar-refractivity contribution in [3.05, 3.63) is 139 Å². The van der Waals surface area contributed by atoms with E-state index >= 15 is 0 Å². The predicted octanol–water partition coefficient (Wildman–Crippen LogP) is 11.1. The topological polar surface area (TPSA) is 30.7 Å². The molecular formula is C41H27N3S. The van der Waals surface area contributed by atoms with Gasteiger partial charge in [0, 0.05) is 31.8 Å². The van der Waals surface area contributed by atoms with E-state index in [4.69, 9.17) is 9.97 Å². The first-order chi connectivity index (χ1) is 22.1. The van der Waals surface area contributed by atoms with Crippen LogP contribution in [0.2, 0.25) is 0 Å². The zero-order chi connectivity index (χ0) is 29.9. The molecule has 0 aliphatic heterocycles. The molecule has 4 heteroatoms. The van der Waals surface area contributed by atoms with Gasteiger partial charge in [-0.05, 0) is 63.4 Å². The zero-order valence-electron chi connectivity index (χ0n) is 24.9. The van der Waals surface area contributed by atoms with Gasteiger partial charge in [0.15, 0.2) is 0 Å². The van der Waals surface area contributed by atoms with Gasteiger partial charge >= 0.3 is 0 Å². The van der Waals surface area contributed by atoms with Crippen LogP contribution in [0.1, 0.15) is 25.0 Å². The van der Waals surface area contributed by atoms with Crippen LogP contribution in [0.5, 0.6) is 0 Å². The van der Waals surface area contributed by atoms with E-state index in [2.05, 4.69) is 146 Å². The van der Waals surface area contributed by atoms with Gasteiger partial charge < -0.3 is 0 Å². The number of benzene rings is 6. The SMILES string of the molecule is CC1(C)c2ccccc2-c2ccc(-c3nc(-n4c5ccccc5c5cc6ccccc6cc54)nc4c3sc3ccccc34)cc21. The van der Waals surface area contributed by atoms with E-state index in [0.717, 1.165) is 32.5 Å². The molecule has 9 aromatic rings. The van der Waals surface area contributed by atoms with E-state index in [1.165, 1.54) is 53.9 Å². The van der Waals surface area contributed by atoms with Crippen molar-refractivity contribution in [1.82, 2.24) is 14.5 Å². The minimum atomic E-state index is -0.0923. The molecule has 1 aliphatic carbocycles. The molecule has 0 saturated carbocycles. The quantitative estimate of drug-likeness (QED) is 0.200. The molecule has 0 amide bonds. The smallest absolute Gasteiger partial charge is 0.235 e. The molecule has 0 radical (unpaired) electrons. The first kappa shape index (κ1) is 25.1. The van der Waals surface area contributed by atoms with Gasteiger partial charge in [0.1, 0.15) is 0 Å². The fraction of sp³-hybridized carbons (Fsp3) is 0.0732. The van der Waals surface area contributed by atoms with Crippen LogP contribution < -0.4 is 0 Å². The molecule has 3 nitrogen and oxygen atoms in total. The Labute approximate surface area is 264 Å². The molecule has 3 heterocycles. The van der Waals surface area contributed by atoms with Gasteiger partial charge in [0.2, 0.25) is 5.95 Å². The molecule has 0 fully saturated rings. The normalized spacial score (nSPS) is 13.7. The molecule has 212 valence electrons. The van der Waals surface area contributed by atoms with Crippen LogP contribution in [0, 0.1) is 0 Å². The fourth-order valence-electron chi connectivity index (χ4n) is 7.60. The highest BCUT2D eigenvalue weighted by atomic mass is 32.1. The third-order valence-electron chi connectivity index (χ3n) is 9.80. The number of hydrogen-bond donors (Lipinski definition) is 0. The van der Waals surface area contributed by atoms with E-state index in [1.807, 2.05) is 0 Å². The third-order valence-corrected chi connectivity index (χ3v) is 11.0. The van der Waals surface area contributed by atoms with Crippen molar-refractivity contribution < 1.29 is 0 Å². The van der Waals surface area contributed by atoms with Gasteiger partial charge in [-0.25, -0.2) is 9.97 Å². The molecule has 1 aliphatic rings. The van der Waals surface area contributed by atoms with Crippen molar-refractivity contribution in [3.63, 3.8) is 0 Å². The Kier molecular flexibility index (Phi) is 4.94. The highest BCUT2D eigenvalue weighted by molar-refractivity contribution is 7.26. The van der Waals surface area contributed by atoms with Gasteiger partial charge in [-0.15, -0.1) is 11.3 Å². The Bertz CT molecular complexity index is 2690. The maximum Gasteiger partial charge on any atom is 0.235 e. The molecular weight excluding hydrogens is 567 g/mol. The summed E-state index contributed by atoms with van der Waals surface area (Å²) in [4.78, 5) is 10.8. The molecule has 0 unspecified atom stereocenters. The van der Waals surface area contributed by atoms with E-state index < -0.39 is 0 Å². The molecule has 0 spiro atoms. The summed E-state index contributed by atoms with van der Waals surface area (Å²) in [6.07, 6.45) is 0. The summed E-state index contributed by atoms with van der Waals surface area (Å²) >= 11 is 1.78. The maximum atomic E-state index is 5.47. The van der Waals surface area contributed by atoms with E-state index in [0.29, 0.717) is 5.95 Å². The van der Waals surface area contributed by atoms with Crippen LogP contribution >= 0.6 is 11.3 Å². The number of thiophene rings is 1. The van der Waals surface area contributed by atoms with Crippen molar-refractivity contribution >= 4 is 64.2 Å². The lowest BCUT2D eigenvalue weighted by Crippen LogP contribution is -2.15. The Hall–Kier alpha value is -5.32. The van der Waals surface area contributed by atoms with Crippen LogP contribution in [0.3, 0.4) is 0 Å². The summed E-state index contributed by atoms with van der Waals surface area (Å²) in [7, 11) is 0. The van der Waals surface area contributed by atoms with Gasteiger partial charge in [-0.1, -0.05) is 111 Å². The average Bonchev–Trinajstić information content (AvgIpc) is 3.69. The van der Waals surface area contributed by atoms with E-state index in [1.54, 1.807) is 11.3 Å². The van der Waals surface area contributed by atoms with Crippen molar-refractivity contribution in [3.8, 4) is 28.3 Å². The maximum absolute atomic E-state index is 5.47. The number of rotatable bonds is 2. The zero-order valence-corrected chi connectivity index (χ0v) is 25.7. The third kappa shape index (κ3) is 3.40. The Morgan fingerprint density at radius 3 is 2.18 bits per heavy atom. The van der Waals surface area contributed by atoms with Crippen molar-refractivity contribution in [2.24, 2.45) is 0 Å².